The first kappa shape index (κ1) is 13.6. The number of hydrogen-bond donors (Lipinski definition) is 0. The summed E-state index contributed by atoms with van der Waals surface area (Å²) < 4.78 is 74.0. The summed E-state index contributed by atoms with van der Waals surface area (Å²) in [5.41, 5.74) is -2.73. The van der Waals surface area contributed by atoms with Gasteiger partial charge in [-0.05, 0) is 47.2 Å². The predicted octanol–water partition coefficient (Wildman–Crippen LogP) is 4.64. The Morgan fingerprint density at radius 1 is 0.875 bits per heavy atom. The molecule has 7 heteroatoms. The second-order valence-electron chi connectivity index (χ2n) is 3.14. The number of rotatable bonds is 0. The zero-order valence-electron chi connectivity index (χ0n) is 7.80. The highest BCUT2D eigenvalue weighted by Gasteiger charge is 2.38. The lowest BCUT2D eigenvalue weighted by Crippen LogP contribution is -2.14. The fourth-order valence-electron chi connectivity index (χ4n) is 1.20. The summed E-state index contributed by atoms with van der Waals surface area (Å²) in [4.78, 5) is 0. The zero-order chi connectivity index (χ0) is 12.7. The molecule has 0 spiro atoms. The van der Waals surface area contributed by atoms with Crippen LogP contribution in [0.1, 0.15) is 16.7 Å². The third-order valence-corrected chi connectivity index (χ3v) is 2.82. The summed E-state index contributed by atoms with van der Waals surface area (Å²) in [5.74, 6) is 0. The molecule has 0 aliphatic heterocycles. The molecule has 0 heterocycles. The average molecular weight is 354 g/mol. The van der Waals surface area contributed by atoms with Crippen LogP contribution >= 0.6 is 22.6 Å². The first-order valence-electron chi connectivity index (χ1n) is 3.98. The van der Waals surface area contributed by atoms with E-state index in [0.29, 0.717) is 0 Å². The average Bonchev–Trinajstić information content (AvgIpc) is 1.97. The van der Waals surface area contributed by atoms with Gasteiger partial charge in [0.05, 0.1) is 11.1 Å². The predicted molar refractivity (Wildman–Crippen MR) is 53.9 cm³/mol. The molecule has 0 fully saturated rings. The van der Waals surface area contributed by atoms with Crippen LogP contribution < -0.4 is 0 Å². The van der Waals surface area contributed by atoms with Gasteiger partial charge in [-0.3, -0.25) is 0 Å². The minimum atomic E-state index is -4.77. The number of aryl methyl sites for hydroxylation is 1. The molecule has 1 aromatic rings. The van der Waals surface area contributed by atoms with Gasteiger partial charge >= 0.3 is 12.4 Å². The van der Waals surface area contributed by atoms with Crippen molar-refractivity contribution < 1.29 is 26.3 Å². The minimum Gasteiger partial charge on any atom is -0.166 e. The first-order valence-corrected chi connectivity index (χ1v) is 5.06. The minimum absolute atomic E-state index is 0.150. The van der Waals surface area contributed by atoms with Gasteiger partial charge in [-0.1, -0.05) is 0 Å². The van der Waals surface area contributed by atoms with Crippen molar-refractivity contribution in [3.63, 3.8) is 0 Å². The quantitative estimate of drug-likeness (QED) is 0.471. The molecular formula is C9H5F6I. The van der Waals surface area contributed by atoms with Gasteiger partial charge in [0.2, 0.25) is 0 Å². The molecule has 0 bridgehead atoms. The van der Waals surface area contributed by atoms with Crippen LogP contribution in [-0.2, 0) is 12.4 Å². The Hall–Kier alpha value is -0.470. The maximum absolute atomic E-state index is 12.4. The number of alkyl halides is 6. The van der Waals surface area contributed by atoms with E-state index in [2.05, 4.69) is 0 Å². The van der Waals surface area contributed by atoms with E-state index in [4.69, 9.17) is 0 Å². The largest absolute Gasteiger partial charge is 0.417 e. The van der Waals surface area contributed by atoms with Crippen molar-refractivity contribution in [1.82, 2.24) is 0 Å². The molecular weight excluding hydrogens is 349 g/mol. The van der Waals surface area contributed by atoms with Gasteiger partial charge in [0.15, 0.2) is 0 Å². The fraction of sp³-hybridized carbons (Fsp3) is 0.333. The Morgan fingerprint density at radius 3 is 1.69 bits per heavy atom. The first-order chi connectivity index (χ1) is 7.03. The molecule has 0 unspecified atom stereocenters. The second kappa shape index (κ2) is 4.08. The number of halogens is 7. The van der Waals surface area contributed by atoms with Crippen molar-refractivity contribution in [1.29, 1.82) is 0 Å². The van der Waals surface area contributed by atoms with Crippen molar-refractivity contribution >= 4 is 22.6 Å². The van der Waals surface area contributed by atoms with Crippen LogP contribution in [0.5, 0.6) is 0 Å². The van der Waals surface area contributed by atoms with Crippen LogP contribution in [0.15, 0.2) is 12.1 Å². The van der Waals surface area contributed by atoms with Gasteiger partial charge in [-0.15, -0.1) is 0 Å². The lowest BCUT2D eigenvalue weighted by molar-refractivity contribution is -0.143. The monoisotopic (exact) mass is 354 g/mol. The van der Waals surface area contributed by atoms with Crippen molar-refractivity contribution in [2.75, 3.05) is 0 Å². The van der Waals surface area contributed by atoms with Crippen LogP contribution in [0.3, 0.4) is 0 Å². The summed E-state index contributed by atoms with van der Waals surface area (Å²) >= 11 is 1.37. The van der Waals surface area contributed by atoms with Gasteiger partial charge in [-0.2, -0.15) is 26.3 Å². The maximum atomic E-state index is 12.4. The third-order valence-electron chi connectivity index (χ3n) is 1.92. The highest BCUT2D eigenvalue weighted by atomic mass is 127. The molecule has 90 valence electrons. The van der Waals surface area contributed by atoms with E-state index in [-0.39, 0.29) is 15.2 Å². The Bertz CT molecular complexity index is 368. The molecule has 0 aromatic heterocycles. The van der Waals surface area contributed by atoms with Crippen LogP contribution in [-0.4, -0.2) is 0 Å². The van der Waals surface area contributed by atoms with E-state index in [9.17, 15) is 26.3 Å². The Morgan fingerprint density at radius 2 is 1.31 bits per heavy atom. The SMILES string of the molecule is Cc1cc(I)c(C(F)(F)F)cc1C(F)(F)F. The van der Waals surface area contributed by atoms with Crippen LogP contribution in [0.4, 0.5) is 26.3 Å². The summed E-state index contributed by atoms with van der Waals surface area (Å²) in [6.07, 6.45) is -9.54. The topological polar surface area (TPSA) is 0 Å². The summed E-state index contributed by atoms with van der Waals surface area (Å²) in [6.45, 7) is 1.13. The highest BCUT2D eigenvalue weighted by Crippen LogP contribution is 2.39. The van der Waals surface area contributed by atoms with Gasteiger partial charge in [0.25, 0.3) is 0 Å². The van der Waals surface area contributed by atoms with E-state index in [1.54, 1.807) is 0 Å². The van der Waals surface area contributed by atoms with Crippen molar-refractivity contribution in [2.24, 2.45) is 0 Å². The number of benzene rings is 1. The molecule has 0 amide bonds. The normalized spacial score (nSPS) is 13.0. The summed E-state index contributed by atoms with van der Waals surface area (Å²) in [7, 11) is 0. The van der Waals surface area contributed by atoms with Gasteiger partial charge in [-0.25, -0.2) is 0 Å². The molecule has 0 saturated carbocycles. The molecule has 0 saturated heterocycles. The molecule has 0 nitrogen and oxygen atoms in total. The van der Waals surface area contributed by atoms with Crippen molar-refractivity contribution in [2.45, 2.75) is 19.3 Å². The van der Waals surface area contributed by atoms with Crippen LogP contribution in [0.25, 0.3) is 0 Å². The van der Waals surface area contributed by atoms with Crippen molar-refractivity contribution in [3.8, 4) is 0 Å². The lowest BCUT2D eigenvalue weighted by Gasteiger charge is -2.15. The zero-order valence-corrected chi connectivity index (χ0v) is 9.96. The fourth-order valence-corrected chi connectivity index (χ4v) is 2.12. The second-order valence-corrected chi connectivity index (χ2v) is 4.30. The van der Waals surface area contributed by atoms with E-state index in [0.717, 1.165) is 13.0 Å². The van der Waals surface area contributed by atoms with Gasteiger partial charge in [0, 0.05) is 3.57 Å². The molecule has 0 aliphatic rings. The van der Waals surface area contributed by atoms with E-state index in [1.165, 1.54) is 22.6 Å². The molecule has 1 rings (SSSR count). The molecule has 0 aliphatic carbocycles. The molecule has 0 N–H and O–H groups in total. The van der Waals surface area contributed by atoms with Gasteiger partial charge in [0.1, 0.15) is 0 Å². The Balaban J connectivity index is 3.45. The third kappa shape index (κ3) is 2.80. The van der Waals surface area contributed by atoms with E-state index in [1.807, 2.05) is 0 Å². The molecule has 0 atom stereocenters. The van der Waals surface area contributed by atoms with Gasteiger partial charge < -0.3 is 0 Å². The van der Waals surface area contributed by atoms with E-state index >= 15 is 0 Å². The van der Waals surface area contributed by atoms with Crippen molar-refractivity contribution in [3.05, 3.63) is 32.4 Å². The van der Waals surface area contributed by atoms with E-state index < -0.39 is 23.5 Å². The summed E-state index contributed by atoms with van der Waals surface area (Å²) in [6, 6.07) is 1.03. The molecule has 16 heavy (non-hydrogen) atoms. The standard InChI is InChI=1S/C9H5F6I/c1-4-2-7(16)6(9(13,14)15)3-5(4)8(10,11)12/h2-3H,1H3. The molecule has 1 aromatic carbocycles. The highest BCUT2D eigenvalue weighted by molar-refractivity contribution is 14.1. The lowest BCUT2D eigenvalue weighted by atomic mass is 10.0. The summed E-state index contributed by atoms with van der Waals surface area (Å²) in [5, 5.41) is 0. The number of hydrogen-bond acceptors (Lipinski definition) is 0. The van der Waals surface area contributed by atoms with Crippen LogP contribution in [0.2, 0.25) is 0 Å². The smallest absolute Gasteiger partial charge is 0.166 e. The Labute approximate surface area is 101 Å². The Kier molecular flexibility index (Phi) is 3.47. The van der Waals surface area contributed by atoms with Crippen LogP contribution in [0, 0.1) is 10.5 Å². The maximum Gasteiger partial charge on any atom is 0.417 e. The molecule has 0 radical (unpaired) electrons.